The maximum absolute atomic E-state index is 13.0. The molecule has 1 atom stereocenters. The summed E-state index contributed by atoms with van der Waals surface area (Å²) >= 11 is 0. The molecular weight excluding hydrogens is 494 g/mol. The van der Waals surface area contributed by atoms with E-state index in [1.165, 1.54) is 6.07 Å². The minimum absolute atomic E-state index is 0.0518. The second-order valence-corrected chi connectivity index (χ2v) is 11.6. The van der Waals surface area contributed by atoms with E-state index in [9.17, 15) is 23.1 Å². The van der Waals surface area contributed by atoms with E-state index < -0.39 is 27.7 Å². The summed E-state index contributed by atoms with van der Waals surface area (Å²) in [5.41, 5.74) is 5.44. The Morgan fingerprint density at radius 1 is 1.11 bits per heavy atom. The Labute approximate surface area is 218 Å². The molecule has 0 spiro atoms. The quantitative estimate of drug-likeness (QED) is 0.435. The number of hydrogen-bond acceptors (Lipinski definition) is 7. The molecule has 0 aliphatic carbocycles. The molecule has 10 heteroatoms. The van der Waals surface area contributed by atoms with Gasteiger partial charge in [-0.15, -0.1) is 0 Å². The molecule has 0 aromatic heterocycles. The van der Waals surface area contributed by atoms with Crippen LogP contribution in [0.2, 0.25) is 0 Å². The molecule has 0 fully saturated rings. The fourth-order valence-electron chi connectivity index (χ4n) is 4.19. The maximum Gasteiger partial charge on any atom is 0.421 e. The van der Waals surface area contributed by atoms with E-state index in [0.717, 1.165) is 24.1 Å². The van der Waals surface area contributed by atoms with Gasteiger partial charge in [0, 0.05) is 24.2 Å². The van der Waals surface area contributed by atoms with Crippen molar-refractivity contribution in [3.05, 3.63) is 65.4 Å². The van der Waals surface area contributed by atoms with Crippen LogP contribution in [-0.4, -0.2) is 48.8 Å². The maximum atomic E-state index is 13.0. The minimum Gasteiger partial charge on any atom is -0.478 e. The van der Waals surface area contributed by atoms with Crippen molar-refractivity contribution >= 4 is 22.1 Å². The lowest BCUT2D eigenvalue weighted by molar-refractivity contribution is -0.132. The Hall–Kier alpha value is -3.37. The number of amides is 1. The lowest BCUT2D eigenvalue weighted by Crippen LogP contribution is -2.37. The van der Waals surface area contributed by atoms with Gasteiger partial charge in [0.05, 0.1) is 16.5 Å². The van der Waals surface area contributed by atoms with Gasteiger partial charge in [0.25, 0.3) is 10.0 Å². The number of unbranched alkanes of at least 4 members (excludes halogenated alkanes) is 1. The zero-order chi connectivity index (χ0) is 27.4. The molecule has 1 unspecified atom stereocenters. The molecule has 0 radical (unpaired) electrons. The van der Waals surface area contributed by atoms with Gasteiger partial charge in [0.1, 0.15) is 5.60 Å². The van der Waals surface area contributed by atoms with E-state index in [1.807, 2.05) is 28.8 Å². The highest BCUT2D eigenvalue weighted by molar-refractivity contribution is 7.90. The van der Waals surface area contributed by atoms with Crippen LogP contribution in [0.3, 0.4) is 0 Å². The molecule has 0 saturated heterocycles. The highest BCUT2D eigenvalue weighted by Gasteiger charge is 2.32. The minimum atomic E-state index is -4.19. The van der Waals surface area contributed by atoms with E-state index in [0.29, 0.717) is 29.7 Å². The van der Waals surface area contributed by atoms with Crippen LogP contribution in [-0.2, 0) is 26.0 Å². The van der Waals surface area contributed by atoms with Gasteiger partial charge < -0.3 is 14.9 Å². The van der Waals surface area contributed by atoms with Crippen molar-refractivity contribution in [2.75, 3.05) is 6.54 Å². The van der Waals surface area contributed by atoms with Crippen molar-refractivity contribution in [3.63, 3.8) is 0 Å². The highest BCUT2D eigenvalue weighted by atomic mass is 32.2. The van der Waals surface area contributed by atoms with E-state index in [2.05, 4.69) is 12.3 Å². The molecule has 2 aromatic carbocycles. The Bertz CT molecular complexity index is 1280. The second kappa shape index (κ2) is 11.4. The van der Waals surface area contributed by atoms with Gasteiger partial charge in [-0.1, -0.05) is 55.8 Å². The molecule has 37 heavy (non-hydrogen) atoms. The molecule has 9 nitrogen and oxygen atoms in total. The summed E-state index contributed by atoms with van der Waals surface area (Å²) in [5.74, 6) is -0.942. The third-order valence-corrected chi connectivity index (χ3v) is 7.18. The van der Waals surface area contributed by atoms with Gasteiger partial charge in [-0.05, 0) is 51.3 Å². The molecule has 2 aromatic rings. The van der Waals surface area contributed by atoms with Gasteiger partial charge in [-0.2, -0.15) is 0 Å². The largest absolute Gasteiger partial charge is 0.478 e. The van der Waals surface area contributed by atoms with Crippen molar-refractivity contribution in [1.29, 1.82) is 0 Å². The van der Waals surface area contributed by atoms with Crippen LogP contribution in [0.5, 0.6) is 0 Å². The molecule has 1 heterocycles. The number of carbonyl (C=O) groups excluding carboxylic acids is 1. The van der Waals surface area contributed by atoms with E-state index in [4.69, 9.17) is 4.74 Å². The van der Waals surface area contributed by atoms with Crippen molar-refractivity contribution in [2.24, 2.45) is 0 Å². The number of rotatable bonds is 9. The van der Waals surface area contributed by atoms with Crippen molar-refractivity contribution in [2.45, 2.75) is 70.4 Å². The number of benzene rings is 2. The molecule has 3 rings (SSSR count). The summed E-state index contributed by atoms with van der Waals surface area (Å²) in [6, 6.07) is 13.4. The summed E-state index contributed by atoms with van der Waals surface area (Å²) in [4.78, 5) is 24.0. The lowest BCUT2D eigenvalue weighted by Gasteiger charge is -2.23. The second-order valence-electron chi connectivity index (χ2n) is 10.00. The molecule has 3 N–H and O–H groups in total. The summed E-state index contributed by atoms with van der Waals surface area (Å²) < 4.78 is 33.1. The van der Waals surface area contributed by atoms with Crippen LogP contribution < -0.4 is 10.1 Å². The molecule has 0 bridgehead atoms. The van der Waals surface area contributed by atoms with Crippen LogP contribution in [0.4, 0.5) is 4.79 Å². The zero-order valence-corrected chi connectivity index (χ0v) is 22.7. The number of carboxylic acid groups (broad SMARTS) is 1. The van der Waals surface area contributed by atoms with Crippen LogP contribution >= 0.6 is 0 Å². The third-order valence-electron chi connectivity index (χ3n) is 5.81. The Morgan fingerprint density at radius 3 is 2.35 bits per heavy atom. The number of aliphatic carboxylic acids is 1. The average Bonchev–Trinajstić information content (AvgIpc) is 3.11. The van der Waals surface area contributed by atoms with E-state index in [-0.39, 0.29) is 10.9 Å². The Kier molecular flexibility index (Phi) is 8.65. The van der Waals surface area contributed by atoms with Crippen molar-refractivity contribution in [3.8, 4) is 11.1 Å². The predicted molar refractivity (Wildman–Crippen MR) is 141 cm³/mol. The third kappa shape index (κ3) is 7.11. The number of carbonyl (C=O) groups is 2. The number of hydrazine groups is 1. The van der Waals surface area contributed by atoms with Crippen LogP contribution in [0.1, 0.15) is 53.0 Å². The average molecular weight is 530 g/mol. The van der Waals surface area contributed by atoms with Crippen molar-refractivity contribution < 1.29 is 27.9 Å². The summed E-state index contributed by atoms with van der Waals surface area (Å²) in [7, 11) is -4.19. The highest BCUT2D eigenvalue weighted by Crippen LogP contribution is 2.30. The normalized spacial score (nSPS) is 16.1. The number of nitrogens with zero attached hydrogens (tertiary/aromatic N) is 1. The molecular formula is C27H35N3O6S. The van der Waals surface area contributed by atoms with Crippen LogP contribution in [0, 0.1) is 0 Å². The van der Waals surface area contributed by atoms with Crippen LogP contribution in [0.15, 0.2) is 64.7 Å². The first-order valence-corrected chi connectivity index (χ1v) is 13.7. The number of nitrogens with one attached hydrogen (secondary N) is 2. The Morgan fingerprint density at radius 2 is 1.76 bits per heavy atom. The smallest absolute Gasteiger partial charge is 0.421 e. The lowest BCUT2D eigenvalue weighted by atomic mass is 9.99. The summed E-state index contributed by atoms with van der Waals surface area (Å²) in [6.45, 7) is 9.57. The standard InChI is InChI=1S/C27H35N3O6S/c1-6-7-16-30-22(24(25(31)32)18(2)28-30)17-19-12-14-20(15-13-19)21-10-8-9-11-23(21)37(34,35)29-26(33)36-27(3,4)5/h8-15,18,28H,6-7,16-17H2,1-5H3,(H,29,33)(H,31,32). The first kappa shape index (κ1) is 28.2. The fraction of sp³-hybridized carbons (Fsp3) is 0.407. The monoisotopic (exact) mass is 529 g/mol. The topological polar surface area (TPSA) is 125 Å². The van der Waals surface area contributed by atoms with Gasteiger partial charge in [0.15, 0.2) is 0 Å². The number of sulfonamides is 1. The van der Waals surface area contributed by atoms with Gasteiger partial charge in [-0.25, -0.2) is 28.2 Å². The summed E-state index contributed by atoms with van der Waals surface area (Å²) in [5, 5.41) is 11.7. The molecule has 1 aliphatic heterocycles. The number of hydrogen-bond donors (Lipinski definition) is 3. The number of allylic oxidation sites excluding steroid dienone is 1. The van der Waals surface area contributed by atoms with Gasteiger partial charge >= 0.3 is 12.1 Å². The van der Waals surface area contributed by atoms with Crippen molar-refractivity contribution in [1.82, 2.24) is 15.2 Å². The molecule has 200 valence electrons. The SMILES string of the molecule is CCCCN1NC(C)C(C(=O)O)=C1Cc1ccc(-c2ccccc2S(=O)(=O)NC(=O)OC(C)(C)C)cc1. The van der Waals surface area contributed by atoms with E-state index in [1.54, 1.807) is 51.1 Å². The molecule has 0 saturated carbocycles. The Balaban J connectivity index is 1.87. The predicted octanol–water partition coefficient (Wildman–Crippen LogP) is 4.46. The number of ether oxygens (including phenoxy) is 1. The van der Waals surface area contributed by atoms with Gasteiger partial charge in [-0.3, -0.25) is 0 Å². The van der Waals surface area contributed by atoms with Gasteiger partial charge in [0.2, 0.25) is 0 Å². The first-order chi connectivity index (χ1) is 17.3. The number of carboxylic acids is 1. The summed E-state index contributed by atoms with van der Waals surface area (Å²) in [6.07, 6.45) is 1.29. The molecule has 1 amide bonds. The fourth-order valence-corrected chi connectivity index (χ4v) is 5.29. The first-order valence-electron chi connectivity index (χ1n) is 12.3. The zero-order valence-electron chi connectivity index (χ0n) is 21.9. The molecule has 1 aliphatic rings. The van der Waals surface area contributed by atoms with E-state index >= 15 is 0 Å². The van der Waals surface area contributed by atoms with Crippen LogP contribution in [0.25, 0.3) is 11.1 Å².